The van der Waals surface area contributed by atoms with E-state index in [0.29, 0.717) is 10.8 Å². The number of aliphatic carboxylic acids is 1. The summed E-state index contributed by atoms with van der Waals surface area (Å²) in [6, 6.07) is 5.12. The molecule has 2 aliphatic rings. The number of aromatic nitrogens is 1. The average Bonchev–Trinajstić information content (AvgIpc) is 3.24. The molecule has 2 N–H and O–H groups in total. The number of thioether (sulfide) groups is 1. The fourth-order valence-electron chi connectivity index (χ4n) is 3.92. The van der Waals surface area contributed by atoms with E-state index in [2.05, 4.69) is 15.6 Å². The quantitative estimate of drug-likeness (QED) is 0.222. The molecule has 2 atom stereocenters. The van der Waals surface area contributed by atoms with Gasteiger partial charge >= 0.3 is 35.5 Å². The number of thiazole rings is 1. The molecule has 0 saturated carbocycles. The number of aryl methyl sites for hydroxylation is 2. The van der Waals surface area contributed by atoms with E-state index in [1.807, 2.05) is 32.0 Å². The largest absolute Gasteiger partial charge is 1.00 e. The summed E-state index contributed by atoms with van der Waals surface area (Å²) in [5.74, 6) is -2.79. The van der Waals surface area contributed by atoms with Crippen molar-refractivity contribution in [1.29, 1.82) is 0 Å². The molecule has 2 amide bonds. The third-order valence-electron chi connectivity index (χ3n) is 5.61. The van der Waals surface area contributed by atoms with Crippen LogP contribution in [0.25, 0.3) is 0 Å². The number of ether oxygens (including phenoxy) is 1. The van der Waals surface area contributed by atoms with E-state index in [1.165, 1.54) is 30.0 Å². The summed E-state index contributed by atoms with van der Waals surface area (Å²) < 4.78 is 4.89. The minimum Gasteiger partial charge on any atom is -0.543 e. The fraction of sp³-hybridized carbons (Fsp3) is 0.348. The van der Waals surface area contributed by atoms with Gasteiger partial charge in [-0.15, -0.1) is 23.1 Å². The molecule has 10 nitrogen and oxygen atoms in total. The van der Waals surface area contributed by atoms with Crippen LogP contribution in [0.5, 0.6) is 0 Å². The van der Waals surface area contributed by atoms with Crippen molar-refractivity contribution in [3.05, 3.63) is 51.7 Å². The predicted molar refractivity (Wildman–Crippen MR) is 129 cm³/mol. The summed E-state index contributed by atoms with van der Waals surface area (Å²) in [4.78, 5) is 53.6. The standard InChI is InChI=1S/C23H24N4O6S2.Na/c1-11-5-4-6-12(2)17(11)26-23-24-15(10-35-23)7-16(29)25-18-20(30)27-19(22(31)32)14(8-33-13(3)28)9-34-21(18)27;/h4-6,10,18,21H,7-9H2,1-3H3,(H,24,26)(H,25,29)(H,31,32);/q;+1/p-1/t18?,21-;/m1./s1. The smallest absolute Gasteiger partial charge is 0.543 e. The number of carboxylic acid groups (broad SMARTS) is 1. The number of amides is 2. The van der Waals surface area contributed by atoms with Crippen LogP contribution in [0.15, 0.2) is 34.8 Å². The molecule has 2 aliphatic heterocycles. The SMILES string of the molecule is CC(=O)OCC1=C(C(=O)[O-])N2C(=O)C(NC(=O)Cc3csc(Nc4c(C)cccc4C)n3)[C@H]2SC1.[Na+]. The number of fused-ring (bicyclic) bond motifs is 1. The van der Waals surface area contributed by atoms with Crippen molar-refractivity contribution in [1.82, 2.24) is 15.2 Å². The second-order valence-corrected chi connectivity index (χ2v) is 10.2. The minimum atomic E-state index is -1.53. The first-order valence-corrected chi connectivity index (χ1v) is 12.7. The summed E-state index contributed by atoms with van der Waals surface area (Å²) in [5, 5.41) is 19.5. The Kier molecular flexibility index (Phi) is 9.23. The molecule has 1 fully saturated rings. The van der Waals surface area contributed by atoms with Gasteiger partial charge in [-0.1, -0.05) is 18.2 Å². The van der Waals surface area contributed by atoms with E-state index in [1.54, 1.807) is 5.38 Å². The maximum atomic E-state index is 12.7. The number of para-hydroxylation sites is 1. The number of esters is 1. The summed E-state index contributed by atoms with van der Waals surface area (Å²) in [5.41, 5.74) is 3.67. The molecule has 4 rings (SSSR count). The molecule has 1 saturated heterocycles. The molecule has 1 aromatic heterocycles. The fourth-order valence-corrected chi connectivity index (χ4v) is 5.97. The van der Waals surface area contributed by atoms with Gasteiger partial charge in [0.1, 0.15) is 18.0 Å². The van der Waals surface area contributed by atoms with Gasteiger partial charge in [0.25, 0.3) is 5.91 Å². The van der Waals surface area contributed by atoms with Crippen LogP contribution in [0.3, 0.4) is 0 Å². The third kappa shape index (κ3) is 5.94. The molecule has 1 aromatic carbocycles. The first kappa shape index (κ1) is 28.2. The first-order chi connectivity index (χ1) is 16.7. The van der Waals surface area contributed by atoms with Crippen molar-refractivity contribution < 1.29 is 58.6 Å². The normalized spacial score (nSPS) is 18.5. The molecule has 0 radical (unpaired) electrons. The Balaban J connectivity index is 0.00000361. The number of carboxylic acids is 1. The van der Waals surface area contributed by atoms with Crippen molar-refractivity contribution >= 4 is 57.7 Å². The number of nitrogens with zero attached hydrogens (tertiary/aromatic N) is 2. The van der Waals surface area contributed by atoms with Crippen LogP contribution in [-0.4, -0.2) is 57.4 Å². The van der Waals surface area contributed by atoms with E-state index in [-0.39, 0.29) is 59.6 Å². The summed E-state index contributed by atoms with van der Waals surface area (Å²) >= 11 is 2.66. The number of nitrogens with one attached hydrogen (secondary N) is 2. The van der Waals surface area contributed by atoms with Gasteiger partial charge in [-0.25, -0.2) is 4.98 Å². The molecular formula is C23H23N4NaO6S2. The molecule has 0 aliphatic carbocycles. The maximum absolute atomic E-state index is 12.7. The van der Waals surface area contributed by atoms with Crippen molar-refractivity contribution in [2.75, 3.05) is 17.7 Å². The van der Waals surface area contributed by atoms with E-state index < -0.39 is 35.2 Å². The van der Waals surface area contributed by atoms with E-state index in [9.17, 15) is 24.3 Å². The van der Waals surface area contributed by atoms with E-state index >= 15 is 0 Å². The molecule has 0 spiro atoms. The zero-order chi connectivity index (χ0) is 25.3. The predicted octanol–water partition coefficient (Wildman–Crippen LogP) is -1.98. The molecule has 36 heavy (non-hydrogen) atoms. The van der Waals surface area contributed by atoms with Gasteiger partial charge in [-0.05, 0) is 25.0 Å². The Morgan fingerprint density at radius 3 is 2.58 bits per heavy atom. The van der Waals surface area contributed by atoms with Gasteiger partial charge in [0.2, 0.25) is 5.91 Å². The van der Waals surface area contributed by atoms with Crippen LogP contribution < -0.4 is 45.3 Å². The van der Waals surface area contributed by atoms with E-state index in [0.717, 1.165) is 21.7 Å². The molecule has 184 valence electrons. The third-order valence-corrected chi connectivity index (χ3v) is 7.76. The van der Waals surface area contributed by atoms with Gasteiger partial charge in [0.15, 0.2) is 5.13 Å². The van der Waals surface area contributed by atoms with Crippen LogP contribution in [0.2, 0.25) is 0 Å². The Morgan fingerprint density at radius 1 is 1.25 bits per heavy atom. The first-order valence-electron chi connectivity index (χ1n) is 10.7. The number of β-lactam (4-membered cyclic amide) rings is 1. The van der Waals surface area contributed by atoms with Crippen LogP contribution in [-0.2, 0) is 30.3 Å². The van der Waals surface area contributed by atoms with E-state index in [4.69, 9.17) is 4.74 Å². The maximum Gasteiger partial charge on any atom is 1.00 e. The Labute approximate surface area is 238 Å². The summed E-state index contributed by atoms with van der Waals surface area (Å²) in [6.45, 7) is 4.98. The summed E-state index contributed by atoms with van der Waals surface area (Å²) in [7, 11) is 0. The topological polar surface area (TPSA) is 141 Å². The second kappa shape index (κ2) is 11.8. The van der Waals surface area contributed by atoms with Crippen molar-refractivity contribution in [2.45, 2.75) is 38.6 Å². The monoisotopic (exact) mass is 538 g/mol. The van der Waals surface area contributed by atoms with Crippen LogP contribution in [0.1, 0.15) is 23.7 Å². The van der Waals surface area contributed by atoms with Gasteiger partial charge in [-0.2, -0.15) is 0 Å². The number of rotatable bonds is 8. The van der Waals surface area contributed by atoms with Gasteiger partial charge < -0.3 is 25.3 Å². The van der Waals surface area contributed by atoms with Gasteiger partial charge in [0.05, 0.1) is 23.8 Å². The zero-order valence-electron chi connectivity index (χ0n) is 20.2. The van der Waals surface area contributed by atoms with Gasteiger partial charge in [0, 0.05) is 29.3 Å². The molecule has 13 heteroatoms. The molecule has 2 aromatic rings. The minimum absolute atomic E-state index is 0. The van der Waals surface area contributed by atoms with Gasteiger partial charge in [-0.3, -0.25) is 19.3 Å². The zero-order valence-corrected chi connectivity index (χ0v) is 23.9. The number of carbonyl (C=O) groups excluding carboxylic acids is 4. The number of benzene rings is 1. The van der Waals surface area contributed by atoms with Crippen molar-refractivity contribution in [3.8, 4) is 0 Å². The van der Waals surface area contributed by atoms with Crippen LogP contribution >= 0.6 is 23.1 Å². The van der Waals surface area contributed by atoms with Crippen LogP contribution in [0, 0.1) is 13.8 Å². The molecular weight excluding hydrogens is 515 g/mol. The number of hydrogen-bond acceptors (Lipinski definition) is 10. The summed E-state index contributed by atoms with van der Waals surface area (Å²) in [6.07, 6.45) is -0.0208. The number of anilines is 2. The number of carbonyl (C=O) groups is 4. The molecule has 3 heterocycles. The Morgan fingerprint density at radius 2 is 1.94 bits per heavy atom. The second-order valence-electron chi connectivity index (χ2n) is 8.19. The molecule has 0 bridgehead atoms. The average molecular weight is 539 g/mol. The van der Waals surface area contributed by atoms with Crippen molar-refractivity contribution in [3.63, 3.8) is 0 Å². The Bertz CT molecular complexity index is 1230. The number of hydrogen-bond donors (Lipinski definition) is 2. The Hall–Kier alpha value is -2.38. The van der Waals surface area contributed by atoms with Crippen LogP contribution in [0.4, 0.5) is 10.8 Å². The molecule has 1 unspecified atom stereocenters. The van der Waals surface area contributed by atoms with Crippen molar-refractivity contribution in [2.24, 2.45) is 0 Å².